The van der Waals surface area contributed by atoms with Gasteiger partial charge < -0.3 is 23.4 Å². The molecule has 2 rings (SSSR count). The van der Waals surface area contributed by atoms with Crippen molar-refractivity contribution in [1.29, 1.82) is 0 Å². The van der Waals surface area contributed by atoms with Crippen LogP contribution in [0.5, 0.6) is 0 Å². The first-order chi connectivity index (χ1) is 16.7. The molecule has 0 aromatic rings. The summed E-state index contributed by atoms with van der Waals surface area (Å²) in [7, 11) is -0.241. The highest BCUT2D eigenvalue weighted by Gasteiger charge is 2.62. The minimum atomic E-state index is -1.91. The number of esters is 1. The van der Waals surface area contributed by atoms with E-state index in [-0.39, 0.29) is 40.7 Å². The van der Waals surface area contributed by atoms with Crippen molar-refractivity contribution in [2.45, 2.75) is 125 Å². The van der Waals surface area contributed by atoms with E-state index in [0.717, 1.165) is 25.7 Å². The van der Waals surface area contributed by atoms with Crippen molar-refractivity contribution < 1.29 is 28.2 Å². The summed E-state index contributed by atoms with van der Waals surface area (Å²) >= 11 is 0. The standard InChI is InChI=1S/C30H58O6Si/c1-26(2,3)25(31)34-20-23-29(9)16-15-24(36-37(12,13)27(4,5)6)28(7,8)22(29)14-17-30(23,10)35-21-33-19-18-32-11/h22-24H,14-21H2,1-13H3/t22-,23+,24-,29-,30+/m0/s1. The summed E-state index contributed by atoms with van der Waals surface area (Å²) in [5.41, 5.74) is -1.03. The number of hydrogen-bond donors (Lipinski definition) is 0. The van der Waals surface area contributed by atoms with Crippen LogP contribution in [0.25, 0.3) is 0 Å². The van der Waals surface area contributed by atoms with Crippen molar-refractivity contribution in [3.8, 4) is 0 Å². The van der Waals surface area contributed by atoms with Crippen molar-refractivity contribution in [2.75, 3.05) is 33.7 Å². The first-order valence-corrected chi connectivity index (χ1v) is 17.2. The topological polar surface area (TPSA) is 63.2 Å². The van der Waals surface area contributed by atoms with Crippen LogP contribution in [0.15, 0.2) is 0 Å². The Labute approximate surface area is 229 Å². The van der Waals surface area contributed by atoms with Crippen molar-refractivity contribution in [3.63, 3.8) is 0 Å². The molecule has 0 bridgehead atoms. The molecule has 0 spiro atoms. The van der Waals surface area contributed by atoms with Crippen LogP contribution in [0.2, 0.25) is 18.1 Å². The summed E-state index contributed by atoms with van der Waals surface area (Å²) in [5, 5.41) is 0.176. The number of methoxy groups -OCH3 is 1. The first-order valence-electron chi connectivity index (χ1n) is 14.3. The Balaban J connectivity index is 2.34. The Morgan fingerprint density at radius 2 is 1.57 bits per heavy atom. The maximum atomic E-state index is 12.8. The van der Waals surface area contributed by atoms with Crippen LogP contribution in [0.4, 0.5) is 0 Å². The smallest absolute Gasteiger partial charge is 0.311 e. The SMILES string of the molecule is COCCOCO[C@]1(C)CC[C@H]2C(C)(C)[C@@H](O[Si](C)(C)C(C)(C)C)CC[C@]2(C)[C@H]1COC(=O)C(C)(C)C. The van der Waals surface area contributed by atoms with Crippen LogP contribution in [0, 0.1) is 28.1 Å². The van der Waals surface area contributed by atoms with Gasteiger partial charge in [-0.05, 0) is 88.3 Å². The van der Waals surface area contributed by atoms with Gasteiger partial charge in [-0.25, -0.2) is 0 Å². The lowest BCUT2D eigenvalue weighted by Gasteiger charge is -2.64. The summed E-state index contributed by atoms with van der Waals surface area (Å²) in [4.78, 5) is 12.8. The number of carbonyl (C=O) groups excluding carboxylic acids is 1. The van der Waals surface area contributed by atoms with Crippen molar-refractivity contribution in [1.82, 2.24) is 0 Å². The molecule has 0 heterocycles. The Kier molecular flexibility index (Phi) is 10.2. The summed E-state index contributed by atoms with van der Waals surface area (Å²) in [6, 6.07) is 0. The molecule has 7 heteroatoms. The molecule has 2 aliphatic rings. The van der Waals surface area contributed by atoms with Gasteiger partial charge in [-0.2, -0.15) is 0 Å². The second-order valence-corrected chi connectivity index (χ2v) is 20.0. The molecular weight excluding hydrogens is 484 g/mol. The first kappa shape index (κ1) is 32.7. The summed E-state index contributed by atoms with van der Waals surface area (Å²) in [6.45, 7) is 28.4. The van der Waals surface area contributed by atoms with Crippen LogP contribution >= 0.6 is 0 Å². The van der Waals surface area contributed by atoms with Gasteiger partial charge in [0, 0.05) is 13.0 Å². The molecule has 0 aliphatic heterocycles. The molecule has 0 radical (unpaired) electrons. The van der Waals surface area contributed by atoms with Crippen LogP contribution < -0.4 is 0 Å². The normalized spacial score (nSPS) is 32.6. The Bertz CT molecular complexity index is 767. The fraction of sp³-hybridized carbons (Fsp3) is 0.967. The van der Waals surface area contributed by atoms with Crippen LogP contribution in [0.3, 0.4) is 0 Å². The summed E-state index contributed by atoms with van der Waals surface area (Å²) < 4.78 is 30.4. The van der Waals surface area contributed by atoms with Gasteiger partial charge in [0.25, 0.3) is 0 Å². The molecule has 5 atom stereocenters. The van der Waals surface area contributed by atoms with E-state index in [2.05, 4.69) is 61.6 Å². The van der Waals surface area contributed by atoms with E-state index in [1.165, 1.54) is 0 Å². The van der Waals surface area contributed by atoms with Gasteiger partial charge in [-0.1, -0.05) is 41.5 Å². The third-order valence-corrected chi connectivity index (χ3v) is 14.6. The number of fused-ring (bicyclic) bond motifs is 1. The minimum Gasteiger partial charge on any atom is -0.465 e. The zero-order valence-electron chi connectivity index (χ0n) is 26.3. The van der Waals surface area contributed by atoms with Crippen LogP contribution in [0.1, 0.15) is 94.9 Å². The van der Waals surface area contributed by atoms with E-state index in [4.69, 9.17) is 23.4 Å². The monoisotopic (exact) mass is 542 g/mol. The van der Waals surface area contributed by atoms with Gasteiger partial charge in [0.1, 0.15) is 6.79 Å². The quantitative estimate of drug-likeness (QED) is 0.126. The Morgan fingerprint density at radius 1 is 0.946 bits per heavy atom. The molecule has 0 unspecified atom stereocenters. The predicted molar refractivity (Wildman–Crippen MR) is 152 cm³/mol. The van der Waals surface area contributed by atoms with Gasteiger partial charge in [0.05, 0.1) is 36.9 Å². The lowest BCUT2D eigenvalue weighted by Crippen LogP contribution is -2.64. The van der Waals surface area contributed by atoms with E-state index < -0.39 is 19.3 Å². The molecule has 2 saturated carbocycles. The molecular formula is C30H58O6Si. The van der Waals surface area contributed by atoms with Crippen molar-refractivity contribution >= 4 is 14.3 Å². The van der Waals surface area contributed by atoms with E-state index in [9.17, 15) is 4.79 Å². The van der Waals surface area contributed by atoms with Gasteiger partial charge in [-0.3, -0.25) is 4.79 Å². The highest BCUT2D eigenvalue weighted by molar-refractivity contribution is 6.74. The fourth-order valence-corrected chi connectivity index (χ4v) is 8.01. The molecule has 2 aliphatic carbocycles. The molecule has 6 nitrogen and oxygen atoms in total. The Hall–Kier alpha value is -0.473. The maximum absolute atomic E-state index is 12.8. The molecule has 0 aromatic carbocycles. The lowest BCUT2D eigenvalue weighted by molar-refractivity contribution is -0.245. The molecule has 2 fully saturated rings. The minimum absolute atomic E-state index is 0.00506. The highest BCUT2D eigenvalue weighted by atomic mass is 28.4. The zero-order chi connectivity index (χ0) is 28.5. The molecule has 37 heavy (non-hydrogen) atoms. The average molecular weight is 543 g/mol. The second kappa shape index (κ2) is 11.6. The third kappa shape index (κ3) is 7.19. The molecule has 0 N–H and O–H groups in total. The third-order valence-electron chi connectivity index (χ3n) is 10.1. The van der Waals surface area contributed by atoms with E-state index >= 15 is 0 Å². The zero-order valence-corrected chi connectivity index (χ0v) is 27.3. The van der Waals surface area contributed by atoms with Gasteiger partial charge >= 0.3 is 5.97 Å². The van der Waals surface area contributed by atoms with E-state index in [1.54, 1.807) is 7.11 Å². The highest BCUT2D eigenvalue weighted by Crippen LogP contribution is 2.63. The van der Waals surface area contributed by atoms with Gasteiger partial charge in [-0.15, -0.1) is 0 Å². The second-order valence-electron chi connectivity index (χ2n) is 15.2. The molecule has 218 valence electrons. The average Bonchev–Trinajstić information content (AvgIpc) is 2.73. The molecule has 0 amide bonds. The van der Waals surface area contributed by atoms with E-state index in [0.29, 0.717) is 25.7 Å². The maximum Gasteiger partial charge on any atom is 0.311 e. The van der Waals surface area contributed by atoms with E-state index in [1.807, 2.05) is 20.8 Å². The predicted octanol–water partition coefficient (Wildman–Crippen LogP) is 7.21. The van der Waals surface area contributed by atoms with Crippen LogP contribution in [-0.4, -0.2) is 59.7 Å². The van der Waals surface area contributed by atoms with Crippen molar-refractivity contribution in [2.24, 2.45) is 28.1 Å². The summed E-state index contributed by atoms with van der Waals surface area (Å²) in [5.74, 6) is 0.336. The number of rotatable bonds is 10. The molecule has 0 saturated heterocycles. The number of hydrogen-bond acceptors (Lipinski definition) is 6. The molecule has 0 aromatic heterocycles. The summed E-state index contributed by atoms with van der Waals surface area (Å²) in [6.07, 6.45) is 4.22. The van der Waals surface area contributed by atoms with Gasteiger partial charge in [0.15, 0.2) is 8.32 Å². The largest absolute Gasteiger partial charge is 0.465 e. The van der Waals surface area contributed by atoms with Crippen molar-refractivity contribution in [3.05, 3.63) is 0 Å². The van der Waals surface area contributed by atoms with Gasteiger partial charge in [0.2, 0.25) is 0 Å². The lowest BCUT2D eigenvalue weighted by atomic mass is 9.45. The van der Waals surface area contributed by atoms with Crippen LogP contribution in [-0.2, 0) is 28.2 Å². The Morgan fingerprint density at radius 3 is 2.11 bits per heavy atom. The fourth-order valence-electron chi connectivity index (χ4n) is 6.52. The number of carbonyl (C=O) groups is 1. The number of ether oxygens (including phenoxy) is 4.